The van der Waals surface area contributed by atoms with Gasteiger partial charge < -0.3 is 9.72 Å². The van der Waals surface area contributed by atoms with Crippen LogP contribution < -0.4 is 5.32 Å². The molecule has 0 spiro atoms. The van der Waals surface area contributed by atoms with Crippen LogP contribution in [0.4, 0.5) is 0 Å². The van der Waals surface area contributed by atoms with Crippen LogP contribution in [0.15, 0.2) is 18.6 Å². The van der Waals surface area contributed by atoms with Crippen LogP contribution in [-0.4, -0.2) is 21.4 Å². The van der Waals surface area contributed by atoms with Gasteiger partial charge in [-0.2, -0.15) is 0 Å². The number of hydrogen-bond donors (Lipinski definition) is 1. The van der Waals surface area contributed by atoms with Gasteiger partial charge in [0.05, 0.1) is 17.4 Å². The van der Waals surface area contributed by atoms with E-state index < -0.39 is 0 Å². The van der Waals surface area contributed by atoms with E-state index in [-0.39, 0.29) is 0 Å². The molecule has 0 aliphatic heterocycles. The Morgan fingerprint density at radius 1 is 1.47 bits per heavy atom. The first-order chi connectivity index (χ1) is 7.24. The fourth-order valence-corrected chi connectivity index (χ4v) is 1.73. The summed E-state index contributed by atoms with van der Waals surface area (Å²) in [6.07, 6.45) is 5.63. The third kappa shape index (κ3) is 1.72. The van der Waals surface area contributed by atoms with Crippen LogP contribution in [0.25, 0.3) is 5.52 Å². The Labute approximate surface area is 89.4 Å². The Morgan fingerprint density at radius 3 is 2.93 bits per heavy atom. The number of hydrogen-bond acceptors (Lipinski definition) is 3. The molecule has 0 atom stereocenters. The fourth-order valence-electron chi connectivity index (χ4n) is 1.73. The first-order valence-electron chi connectivity index (χ1n) is 5.19. The Balaban J connectivity index is 2.62. The topological polar surface area (TPSA) is 42.2 Å². The lowest BCUT2D eigenvalue weighted by Crippen LogP contribution is -2.05. The highest BCUT2D eigenvalue weighted by Crippen LogP contribution is 2.18. The van der Waals surface area contributed by atoms with Gasteiger partial charge in [0.25, 0.3) is 0 Å². The number of imidazole rings is 1. The van der Waals surface area contributed by atoms with Crippen molar-refractivity contribution >= 4 is 5.52 Å². The molecule has 0 saturated heterocycles. The van der Waals surface area contributed by atoms with Crippen molar-refractivity contribution in [2.75, 3.05) is 7.05 Å². The zero-order valence-corrected chi connectivity index (χ0v) is 9.36. The molecule has 0 saturated carbocycles. The van der Waals surface area contributed by atoms with Crippen molar-refractivity contribution in [3.05, 3.63) is 30.1 Å². The molecule has 2 aromatic heterocycles. The van der Waals surface area contributed by atoms with Crippen molar-refractivity contribution in [1.82, 2.24) is 19.7 Å². The van der Waals surface area contributed by atoms with E-state index in [2.05, 4.69) is 33.5 Å². The second kappa shape index (κ2) is 3.98. The molecule has 0 aromatic carbocycles. The number of rotatable bonds is 3. The summed E-state index contributed by atoms with van der Waals surface area (Å²) in [5.41, 5.74) is 2.16. The van der Waals surface area contributed by atoms with Crippen molar-refractivity contribution in [2.45, 2.75) is 26.3 Å². The summed E-state index contributed by atoms with van der Waals surface area (Å²) in [6.45, 7) is 5.08. The first-order valence-corrected chi connectivity index (χ1v) is 5.19. The van der Waals surface area contributed by atoms with Gasteiger partial charge in [0.15, 0.2) is 0 Å². The zero-order valence-electron chi connectivity index (χ0n) is 9.36. The normalized spacial score (nSPS) is 11.5. The second-order valence-electron chi connectivity index (χ2n) is 3.93. The van der Waals surface area contributed by atoms with Crippen LogP contribution in [0.1, 0.15) is 31.3 Å². The summed E-state index contributed by atoms with van der Waals surface area (Å²) >= 11 is 0. The summed E-state index contributed by atoms with van der Waals surface area (Å²) in [5, 5.41) is 3.12. The van der Waals surface area contributed by atoms with Crippen LogP contribution in [0.3, 0.4) is 0 Å². The molecule has 0 radical (unpaired) electrons. The average molecular weight is 204 g/mol. The zero-order chi connectivity index (χ0) is 10.8. The Hall–Kier alpha value is -1.42. The smallest absolute Gasteiger partial charge is 0.116 e. The molecule has 80 valence electrons. The Morgan fingerprint density at radius 2 is 2.27 bits per heavy atom. The van der Waals surface area contributed by atoms with Crippen molar-refractivity contribution in [3.63, 3.8) is 0 Å². The molecule has 0 fully saturated rings. The molecule has 15 heavy (non-hydrogen) atoms. The molecular weight excluding hydrogens is 188 g/mol. The van der Waals surface area contributed by atoms with Crippen molar-refractivity contribution in [2.24, 2.45) is 0 Å². The highest BCUT2D eigenvalue weighted by atomic mass is 15.1. The van der Waals surface area contributed by atoms with Gasteiger partial charge in [-0.05, 0) is 7.05 Å². The predicted molar refractivity (Wildman–Crippen MR) is 59.8 cm³/mol. The Bertz CT molecular complexity index is 459. The molecule has 0 amide bonds. The van der Waals surface area contributed by atoms with Crippen molar-refractivity contribution < 1.29 is 0 Å². The molecule has 4 heteroatoms. The first kappa shape index (κ1) is 10.1. The van der Waals surface area contributed by atoms with E-state index in [9.17, 15) is 0 Å². The number of nitrogens with one attached hydrogen (secondary N) is 1. The number of nitrogens with zero attached hydrogens (tertiary/aromatic N) is 3. The van der Waals surface area contributed by atoms with Gasteiger partial charge in [0.1, 0.15) is 5.82 Å². The van der Waals surface area contributed by atoms with E-state index in [0.717, 1.165) is 23.6 Å². The van der Waals surface area contributed by atoms with Crippen LogP contribution in [0.5, 0.6) is 0 Å². The van der Waals surface area contributed by atoms with Crippen LogP contribution in [-0.2, 0) is 6.54 Å². The summed E-state index contributed by atoms with van der Waals surface area (Å²) in [4.78, 5) is 8.78. The molecule has 0 aliphatic carbocycles. The molecule has 0 bridgehead atoms. The molecule has 2 heterocycles. The maximum Gasteiger partial charge on any atom is 0.116 e. The monoisotopic (exact) mass is 204 g/mol. The summed E-state index contributed by atoms with van der Waals surface area (Å²) < 4.78 is 2.12. The third-order valence-electron chi connectivity index (χ3n) is 2.41. The van der Waals surface area contributed by atoms with Gasteiger partial charge in [-0.25, -0.2) is 4.98 Å². The highest BCUT2D eigenvalue weighted by Gasteiger charge is 2.12. The molecular formula is C11H16N4. The quantitative estimate of drug-likeness (QED) is 0.825. The van der Waals surface area contributed by atoms with Crippen LogP contribution in [0, 0.1) is 0 Å². The second-order valence-corrected chi connectivity index (χ2v) is 3.93. The SMILES string of the molecule is CNCc1nc(C(C)C)n2ccncc12. The largest absolute Gasteiger partial charge is 0.314 e. The average Bonchev–Trinajstić information content (AvgIpc) is 2.59. The maximum absolute atomic E-state index is 4.64. The van der Waals surface area contributed by atoms with E-state index >= 15 is 0 Å². The van der Waals surface area contributed by atoms with Gasteiger partial charge in [-0.15, -0.1) is 0 Å². The van der Waals surface area contributed by atoms with Crippen molar-refractivity contribution in [3.8, 4) is 0 Å². The molecule has 2 aromatic rings. The van der Waals surface area contributed by atoms with E-state index in [0.29, 0.717) is 5.92 Å². The molecule has 0 unspecified atom stereocenters. The number of fused-ring (bicyclic) bond motifs is 1. The molecule has 1 N–H and O–H groups in total. The van der Waals surface area contributed by atoms with Gasteiger partial charge in [0.2, 0.25) is 0 Å². The van der Waals surface area contributed by atoms with Crippen LogP contribution >= 0.6 is 0 Å². The lowest BCUT2D eigenvalue weighted by molar-refractivity contribution is 0.751. The minimum Gasteiger partial charge on any atom is -0.314 e. The molecule has 4 nitrogen and oxygen atoms in total. The van der Waals surface area contributed by atoms with Gasteiger partial charge in [-0.3, -0.25) is 4.98 Å². The van der Waals surface area contributed by atoms with E-state index in [1.165, 1.54) is 0 Å². The van der Waals surface area contributed by atoms with Gasteiger partial charge in [0, 0.05) is 24.9 Å². The standard InChI is InChI=1S/C11H16N4/c1-8(2)11-14-9(6-12-3)10-7-13-4-5-15(10)11/h4-5,7-8,12H,6H2,1-3H3. The minimum absolute atomic E-state index is 0.422. The van der Waals surface area contributed by atoms with E-state index in [1.807, 2.05) is 19.4 Å². The highest BCUT2D eigenvalue weighted by molar-refractivity contribution is 5.51. The molecule has 0 aliphatic rings. The van der Waals surface area contributed by atoms with Gasteiger partial charge >= 0.3 is 0 Å². The van der Waals surface area contributed by atoms with Crippen LogP contribution in [0.2, 0.25) is 0 Å². The summed E-state index contributed by atoms with van der Waals surface area (Å²) in [6, 6.07) is 0. The maximum atomic E-state index is 4.64. The third-order valence-corrected chi connectivity index (χ3v) is 2.41. The number of aromatic nitrogens is 3. The van der Waals surface area contributed by atoms with Gasteiger partial charge in [-0.1, -0.05) is 13.8 Å². The lowest BCUT2D eigenvalue weighted by Gasteiger charge is -2.02. The lowest BCUT2D eigenvalue weighted by atomic mass is 10.2. The fraction of sp³-hybridized carbons (Fsp3) is 0.455. The van der Waals surface area contributed by atoms with Crippen molar-refractivity contribution in [1.29, 1.82) is 0 Å². The molecule has 2 rings (SSSR count). The minimum atomic E-state index is 0.422. The predicted octanol–water partition coefficient (Wildman–Crippen LogP) is 1.57. The van der Waals surface area contributed by atoms with E-state index in [1.54, 1.807) is 6.20 Å². The Kier molecular flexibility index (Phi) is 2.68. The summed E-state index contributed by atoms with van der Waals surface area (Å²) in [7, 11) is 1.93. The van der Waals surface area contributed by atoms with E-state index in [4.69, 9.17) is 0 Å². The summed E-state index contributed by atoms with van der Waals surface area (Å²) in [5.74, 6) is 1.52.